The van der Waals surface area contributed by atoms with Gasteiger partial charge >= 0.3 is 0 Å². The van der Waals surface area contributed by atoms with E-state index in [1.165, 1.54) is 16.8 Å². The number of rotatable bonds is 5. The third-order valence-electron chi connectivity index (χ3n) is 3.94. The molecule has 0 N–H and O–H groups in total. The van der Waals surface area contributed by atoms with Crippen molar-refractivity contribution in [3.63, 3.8) is 0 Å². The molecule has 3 rings (SSSR count). The quantitative estimate of drug-likeness (QED) is 0.547. The molecule has 0 unspecified atom stereocenters. The van der Waals surface area contributed by atoms with E-state index in [0.717, 1.165) is 23.6 Å². The number of para-hydroxylation sites is 1. The van der Waals surface area contributed by atoms with Crippen molar-refractivity contribution in [3.05, 3.63) is 59.0 Å². The lowest BCUT2D eigenvalue weighted by Gasteiger charge is -2.22. The van der Waals surface area contributed by atoms with Crippen LogP contribution < -0.4 is 4.90 Å². The molecule has 4 heteroatoms. The summed E-state index contributed by atoms with van der Waals surface area (Å²) in [6, 6.07) is 11.8. The highest BCUT2D eigenvalue weighted by atomic mass is 32.2. The number of hydrogen-bond acceptors (Lipinski definition) is 4. The molecule has 3 nitrogen and oxygen atoms in total. The highest BCUT2D eigenvalue weighted by Gasteiger charge is 2.29. The van der Waals surface area contributed by atoms with Crippen molar-refractivity contribution in [2.24, 2.45) is 5.92 Å². The molecule has 1 aliphatic rings. The van der Waals surface area contributed by atoms with Crippen LogP contribution in [0.25, 0.3) is 0 Å². The average Bonchev–Trinajstić information content (AvgIpc) is 3.19. The lowest BCUT2D eigenvalue weighted by molar-refractivity contribution is 0.100. The summed E-state index contributed by atoms with van der Waals surface area (Å²) in [4.78, 5) is 16.1. The molecule has 0 saturated carbocycles. The van der Waals surface area contributed by atoms with Crippen LogP contribution in [0.4, 0.5) is 5.69 Å². The minimum absolute atomic E-state index is 0.0418. The summed E-state index contributed by atoms with van der Waals surface area (Å²) in [5.41, 5.74) is 1.93. The zero-order valence-electron chi connectivity index (χ0n) is 13.7. The molecule has 0 radical (unpaired) electrons. The van der Waals surface area contributed by atoms with Gasteiger partial charge in [0.25, 0.3) is 0 Å². The molecule has 0 fully saturated rings. The number of ketones is 1. The summed E-state index contributed by atoms with van der Waals surface area (Å²) in [5.74, 6) is 0.977. The summed E-state index contributed by atoms with van der Waals surface area (Å²) in [6.45, 7) is 7.25. The first kappa shape index (κ1) is 15.9. The predicted octanol–water partition coefficient (Wildman–Crippen LogP) is 5.35. The Morgan fingerprint density at radius 3 is 2.70 bits per heavy atom. The van der Waals surface area contributed by atoms with E-state index < -0.39 is 0 Å². The second-order valence-corrected chi connectivity index (χ2v) is 7.17. The summed E-state index contributed by atoms with van der Waals surface area (Å²) in [6.07, 6.45) is 2.62. The van der Waals surface area contributed by atoms with Gasteiger partial charge < -0.3 is 9.32 Å². The van der Waals surface area contributed by atoms with Crippen LogP contribution in [0.3, 0.4) is 0 Å². The first-order chi connectivity index (χ1) is 11.1. The van der Waals surface area contributed by atoms with Crippen LogP contribution in [-0.4, -0.2) is 12.3 Å². The zero-order valence-corrected chi connectivity index (χ0v) is 14.5. The van der Waals surface area contributed by atoms with Gasteiger partial charge in [0, 0.05) is 17.0 Å². The van der Waals surface area contributed by atoms with E-state index in [9.17, 15) is 4.79 Å². The van der Waals surface area contributed by atoms with Crippen molar-refractivity contribution in [2.75, 3.05) is 11.4 Å². The molecule has 0 saturated heterocycles. The number of carbonyl (C=O) groups is 1. The second kappa shape index (κ2) is 6.67. The molecule has 120 valence electrons. The Labute approximate surface area is 141 Å². The third-order valence-corrected chi connectivity index (χ3v) is 5.23. The van der Waals surface area contributed by atoms with Crippen molar-refractivity contribution >= 4 is 23.2 Å². The maximum absolute atomic E-state index is 12.6. The minimum atomic E-state index is -0.0418. The standard InChI is InChI=1S/C19H21NO2S/c1-13(2)10-11-20-15-7-4-5-9-17(15)23-19(20)14(3)18(21)16-8-6-12-22-16/h4-9,12-13H,10-11H2,1-3H3. The molecule has 0 bridgehead atoms. The van der Waals surface area contributed by atoms with Crippen LogP contribution in [0.2, 0.25) is 0 Å². The molecule has 1 aliphatic heterocycles. The Morgan fingerprint density at radius 2 is 2.00 bits per heavy atom. The topological polar surface area (TPSA) is 33.5 Å². The highest BCUT2D eigenvalue weighted by Crippen LogP contribution is 2.47. The van der Waals surface area contributed by atoms with E-state index >= 15 is 0 Å². The van der Waals surface area contributed by atoms with Crippen LogP contribution in [0, 0.1) is 5.92 Å². The number of nitrogens with zero attached hydrogens (tertiary/aromatic N) is 1. The number of carbonyl (C=O) groups excluding carboxylic acids is 1. The Kier molecular flexibility index (Phi) is 4.62. The number of fused-ring (bicyclic) bond motifs is 1. The van der Waals surface area contributed by atoms with E-state index in [-0.39, 0.29) is 5.78 Å². The zero-order chi connectivity index (χ0) is 16.4. The SMILES string of the molecule is CC(C(=O)c1ccco1)=C1Sc2ccccc2N1CCC(C)C. The first-order valence-electron chi connectivity index (χ1n) is 7.91. The van der Waals surface area contributed by atoms with Crippen LogP contribution in [0.1, 0.15) is 37.7 Å². The normalized spacial score (nSPS) is 15.9. The van der Waals surface area contributed by atoms with E-state index in [1.54, 1.807) is 23.9 Å². The van der Waals surface area contributed by atoms with Gasteiger partial charge in [-0.1, -0.05) is 37.7 Å². The number of Topliss-reactive ketones (excluding diaryl/α,β-unsaturated/α-hetero) is 1. The smallest absolute Gasteiger partial charge is 0.226 e. The average molecular weight is 327 g/mol. The number of furan rings is 1. The first-order valence-corrected chi connectivity index (χ1v) is 8.73. The van der Waals surface area contributed by atoms with E-state index in [4.69, 9.17) is 4.42 Å². The Bertz CT molecular complexity index is 732. The van der Waals surface area contributed by atoms with Gasteiger partial charge in [-0.3, -0.25) is 4.79 Å². The Hall–Kier alpha value is -1.94. The monoisotopic (exact) mass is 327 g/mol. The molecule has 0 aliphatic carbocycles. The molecule has 0 atom stereocenters. The third kappa shape index (κ3) is 3.22. The number of anilines is 1. The fraction of sp³-hybridized carbons (Fsp3) is 0.316. The molecule has 2 aromatic rings. The molecular formula is C19H21NO2S. The van der Waals surface area contributed by atoms with Crippen molar-refractivity contribution in [1.82, 2.24) is 0 Å². The second-order valence-electron chi connectivity index (χ2n) is 6.14. The number of hydrogen-bond donors (Lipinski definition) is 0. The van der Waals surface area contributed by atoms with Gasteiger partial charge in [0.1, 0.15) is 0 Å². The van der Waals surface area contributed by atoms with Crippen LogP contribution in [0.15, 0.2) is 62.6 Å². The van der Waals surface area contributed by atoms with Crippen molar-refractivity contribution in [1.29, 1.82) is 0 Å². The van der Waals surface area contributed by atoms with Gasteiger partial charge in [0.2, 0.25) is 5.78 Å². The predicted molar refractivity (Wildman–Crippen MR) is 94.8 cm³/mol. The maximum Gasteiger partial charge on any atom is 0.226 e. The minimum Gasteiger partial charge on any atom is -0.461 e. The highest BCUT2D eigenvalue weighted by molar-refractivity contribution is 8.03. The largest absolute Gasteiger partial charge is 0.461 e. The summed E-state index contributed by atoms with van der Waals surface area (Å²) >= 11 is 1.67. The van der Waals surface area contributed by atoms with E-state index in [0.29, 0.717) is 11.7 Å². The lowest BCUT2D eigenvalue weighted by atomic mass is 10.1. The van der Waals surface area contributed by atoms with E-state index in [1.807, 2.05) is 19.1 Å². The van der Waals surface area contributed by atoms with Crippen molar-refractivity contribution in [3.8, 4) is 0 Å². The van der Waals surface area contributed by atoms with Crippen molar-refractivity contribution in [2.45, 2.75) is 32.1 Å². The number of allylic oxidation sites excluding steroid dienone is 1. The molecule has 2 heterocycles. The fourth-order valence-corrected chi connectivity index (χ4v) is 3.80. The van der Waals surface area contributed by atoms with Gasteiger partial charge in [-0.2, -0.15) is 0 Å². The van der Waals surface area contributed by atoms with Crippen molar-refractivity contribution < 1.29 is 9.21 Å². The molecule has 23 heavy (non-hydrogen) atoms. The number of benzene rings is 1. The van der Waals surface area contributed by atoms with Crippen LogP contribution >= 0.6 is 11.8 Å². The molecule has 0 amide bonds. The van der Waals surface area contributed by atoms with Gasteiger partial charge in [0.15, 0.2) is 5.76 Å². The lowest BCUT2D eigenvalue weighted by Crippen LogP contribution is -2.22. The van der Waals surface area contributed by atoms with Gasteiger partial charge in [0.05, 0.1) is 17.0 Å². The number of thioether (sulfide) groups is 1. The van der Waals surface area contributed by atoms with Crippen LogP contribution in [0.5, 0.6) is 0 Å². The molecular weight excluding hydrogens is 306 g/mol. The van der Waals surface area contributed by atoms with Gasteiger partial charge in [-0.25, -0.2) is 0 Å². The van der Waals surface area contributed by atoms with Crippen LogP contribution in [-0.2, 0) is 0 Å². The maximum atomic E-state index is 12.6. The molecule has 1 aromatic heterocycles. The van der Waals surface area contributed by atoms with E-state index in [2.05, 4.69) is 30.9 Å². The summed E-state index contributed by atoms with van der Waals surface area (Å²) in [5, 5.41) is 1.02. The fourth-order valence-electron chi connectivity index (χ4n) is 2.61. The Morgan fingerprint density at radius 1 is 1.22 bits per heavy atom. The Balaban J connectivity index is 1.96. The molecule has 0 spiro atoms. The summed E-state index contributed by atoms with van der Waals surface area (Å²) < 4.78 is 5.28. The molecule has 1 aromatic carbocycles. The van der Waals surface area contributed by atoms with Gasteiger partial charge in [-0.05, 0) is 43.5 Å². The summed E-state index contributed by atoms with van der Waals surface area (Å²) in [7, 11) is 0. The van der Waals surface area contributed by atoms with Gasteiger partial charge in [-0.15, -0.1) is 0 Å².